The molecule has 1 aliphatic heterocycles. The van der Waals surface area contributed by atoms with E-state index in [0.717, 1.165) is 23.1 Å². The van der Waals surface area contributed by atoms with Crippen LogP contribution in [0.1, 0.15) is 50.8 Å². The Kier molecular flexibility index (Phi) is 6.74. The third kappa shape index (κ3) is 5.54. The van der Waals surface area contributed by atoms with Crippen LogP contribution >= 0.6 is 0 Å². The smallest absolute Gasteiger partial charge is 0.261 e. The van der Waals surface area contributed by atoms with Gasteiger partial charge in [-0.05, 0) is 57.5 Å². The van der Waals surface area contributed by atoms with Crippen molar-refractivity contribution in [2.24, 2.45) is 0 Å². The Hall–Kier alpha value is -2.74. The highest BCUT2D eigenvalue weighted by Gasteiger charge is 2.35. The Labute approximate surface area is 190 Å². The van der Waals surface area contributed by atoms with E-state index in [1.165, 1.54) is 11.4 Å². The van der Waals surface area contributed by atoms with Crippen molar-refractivity contribution in [3.05, 3.63) is 53.6 Å². The highest BCUT2D eigenvalue weighted by molar-refractivity contribution is 7.92. The number of fused-ring (bicyclic) bond motifs is 1. The number of sulfonamides is 1. The maximum atomic E-state index is 13.1. The standard InChI is InChI=1S/C24H32N2O5S/c1-7-21(30-18-11-9-17(10-12-18)26(5)32(6,28)29)23(27)25-20-15-24(3,4)31-22-13-8-16(2)14-19(20)22/h8-14,20-21H,7,15H2,1-6H3,(H,25,27)/t20-,21+/m1/s1. The molecular weight excluding hydrogens is 428 g/mol. The number of aryl methyl sites for hydroxylation is 1. The summed E-state index contributed by atoms with van der Waals surface area (Å²) in [6, 6.07) is 12.5. The Morgan fingerprint density at radius 3 is 2.50 bits per heavy atom. The molecule has 1 N–H and O–H groups in total. The van der Waals surface area contributed by atoms with Crippen molar-refractivity contribution in [1.29, 1.82) is 0 Å². The van der Waals surface area contributed by atoms with Gasteiger partial charge in [-0.1, -0.05) is 24.6 Å². The molecule has 0 spiro atoms. The minimum absolute atomic E-state index is 0.176. The molecule has 1 aliphatic rings. The predicted octanol–water partition coefficient (Wildman–Crippen LogP) is 3.97. The van der Waals surface area contributed by atoms with E-state index < -0.39 is 21.7 Å². The molecule has 174 valence electrons. The van der Waals surface area contributed by atoms with Gasteiger partial charge in [0, 0.05) is 19.0 Å². The first-order chi connectivity index (χ1) is 14.9. The van der Waals surface area contributed by atoms with Gasteiger partial charge in [-0.2, -0.15) is 0 Å². The highest BCUT2D eigenvalue weighted by atomic mass is 32.2. The summed E-state index contributed by atoms with van der Waals surface area (Å²) in [7, 11) is -1.86. The summed E-state index contributed by atoms with van der Waals surface area (Å²) in [6.45, 7) is 7.93. The second kappa shape index (κ2) is 9.02. The molecular formula is C24H32N2O5S. The summed E-state index contributed by atoms with van der Waals surface area (Å²) in [4.78, 5) is 13.1. The summed E-state index contributed by atoms with van der Waals surface area (Å²) in [5, 5.41) is 3.15. The number of anilines is 1. The molecule has 2 aromatic rings. The monoisotopic (exact) mass is 460 g/mol. The fourth-order valence-electron chi connectivity index (χ4n) is 3.78. The zero-order chi connectivity index (χ0) is 23.7. The van der Waals surface area contributed by atoms with Crippen molar-refractivity contribution in [2.45, 2.75) is 58.3 Å². The first kappa shape index (κ1) is 23.9. The lowest BCUT2D eigenvalue weighted by molar-refractivity contribution is -0.129. The van der Waals surface area contributed by atoms with E-state index in [1.54, 1.807) is 24.3 Å². The second-order valence-electron chi connectivity index (χ2n) is 8.91. The molecule has 0 bridgehead atoms. The number of hydrogen-bond donors (Lipinski definition) is 1. The maximum Gasteiger partial charge on any atom is 0.261 e. The van der Waals surface area contributed by atoms with Crippen molar-refractivity contribution in [2.75, 3.05) is 17.6 Å². The van der Waals surface area contributed by atoms with Crippen LogP contribution < -0.4 is 19.1 Å². The second-order valence-corrected chi connectivity index (χ2v) is 10.9. The van der Waals surface area contributed by atoms with Gasteiger partial charge in [-0.25, -0.2) is 8.42 Å². The highest BCUT2D eigenvalue weighted by Crippen LogP contribution is 2.40. The molecule has 1 amide bonds. The molecule has 2 aromatic carbocycles. The van der Waals surface area contributed by atoms with Crippen molar-refractivity contribution >= 4 is 21.6 Å². The fraction of sp³-hybridized carbons (Fsp3) is 0.458. The van der Waals surface area contributed by atoms with E-state index in [-0.39, 0.29) is 11.9 Å². The van der Waals surface area contributed by atoms with Crippen LogP contribution in [-0.2, 0) is 14.8 Å². The van der Waals surface area contributed by atoms with Gasteiger partial charge in [0.25, 0.3) is 5.91 Å². The van der Waals surface area contributed by atoms with E-state index in [1.807, 2.05) is 45.9 Å². The molecule has 0 unspecified atom stereocenters. The molecule has 0 aromatic heterocycles. The molecule has 0 fully saturated rings. The summed E-state index contributed by atoms with van der Waals surface area (Å²) in [5.74, 6) is 1.10. The van der Waals surface area contributed by atoms with Gasteiger partial charge in [0.2, 0.25) is 10.0 Å². The van der Waals surface area contributed by atoms with Gasteiger partial charge in [-0.3, -0.25) is 9.10 Å². The van der Waals surface area contributed by atoms with E-state index >= 15 is 0 Å². The Balaban J connectivity index is 1.74. The summed E-state index contributed by atoms with van der Waals surface area (Å²) in [5.41, 5.74) is 2.20. The number of nitrogens with one attached hydrogen (secondary N) is 1. The first-order valence-electron chi connectivity index (χ1n) is 10.7. The molecule has 8 heteroatoms. The molecule has 3 rings (SSSR count). The van der Waals surface area contributed by atoms with Crippen LogP contribution in [0.2, 0.25) is 0 Å². The quantitative estimate of drug-likeness (QED) is 0.676. The van der Waals surface area contributed by atoms with Crippen molar-refractivity contribution in [3.63, 3.8) is 0 Å². The van der Waals surface area contributed by atoms with Crippen LogP contribution in [0.5, 0.6) is 11.5 Å². The minimum atomic E-state index is -3.35. The zero-order valence-corrected chi connectivity index (χ0v) is 20.3. The topological polar surface area (TPSA) is 84.9 Å². The van der Waals surface area contributed by atoms with Gasteiger partial charge in [0.05, 0.1) is 18.0 Å². The lowest BCUT2D eigenvalue weighted by Gasteiger charge is -2.38. The average Bonchev–Trinajstić information content (AvgIpc) is 2.71. The number of ether oxygens (including phenoxy) is 2. The molecule has 0 saturated heterocycles. The molecule has 0 radical (unpaired) electrons. The number of rotatable bonds is 7. The molecule has 1 heterocycles. The van der Waals surface area contributed by atoms with E-state index in [4.69, 9.17) is 9.47 Å². The maximum absolute atomic E-state index is 13.1. The van der Waals surface area contributed by atoms with Crippen LogP contribution in [0.15, 0.2) is 42.5 Å². The minimum Gasteiger partial charge on any atom is -0.487 e. The largest absolute Gasteiger partial charge is 0.487 e. The lowest BCUT2D eigenvalue weighted by atomic mass is 9.88. The van der Waals surface area contributed by atoms with Crippen LogP contribution in [-0.4, -0.2) is 39.3 Å². The Bertz CT molecular complexity index is 1080. The van der Waals surface area contributed by atoms with Crippen LogP contribution in [0.4, 0.5) is 5.69 Å². The summed E-state index contributed by atoms with van der Waals surface area (Å²) >= 11 is 0. The molecule has 32 heavy (non-hydrogen) atoms. The Morgan fingerprint density at radius 1 is 1.25 bits per heavy atom. The van der Waals surface area contributed by atoms with Gasteiger partial charge in [-0.15, -0.1) is 0 Å². The molecule has 2 atom stereocenters. The number of benzene rings is 2. The lowest BCUT2D eigenvalue weighted by Crippen LogP contribution is -2.45. The van der Waals surface area contributed by atoms with Gasteiger partial charge in [0.1, 0.15) is 17.1 Å². The van der Waals surface area contributed by atoms with Crippen molar-refractivity contribution in [1.82, 2.24) is 5.32 Å². The van der Waals surface area contributed by atoms with E-state index in [0.29, 0.717) is 24.3 Å². The summed E-state index contributed by atoms with van der Waals surface area (Å²) < 4.78 is 36.6. The number of nitrogens with zero attached hydrogens (tertiary/aromatic N) is 1. The molecule has 0 aliphatic carbocycles. The molecule has 0 saturated carbocycles. The summed E-state index contributed by atoms with van der Waals surface area (Å²) in [6.07, 6.45) is 1.61. The van der Waals surface area contributed by atoms with Gasteiger partial charge in [0.15, 0.2) is 6.10 Å². The average molecular weight is 461 g/mol. The first-order valence-corrected chi connectivity index (χ1v) is 12.5. The normalized spacial score (nSPS) is 18.1. The van der Waals surface area contributed by atoms with Gasteiger partial charge < -0.3 is 14.8 Å². The molecule has 7 nitrogen and oxygen atoms in total. The van der Waals surface area contributed by atoms with Crippen molar-refractivity contribution in [3.8, 4) is 11.5 Å². The van der Waals surface area contributed by atoms with Crippen LogP contribution in [0.3, 0.4) is 0 Å². The number of hydrogen-bond acceptors (Lipinski definition) is 5. The predicted molar refractivity (Wildman–Crippen MR) is 126 cm³/mol. The van der Waals surface area contributed by atoms with E-state index in [9.17, 15) is 13.2 Å². The third-order valence-corrected chi connectivity index (χ3v) is 6.78. The number of carbonyl (C=O) groups excluding carboxylic acids is 1. The van der Waals surface area contributed by atoms with Crippen LogP contribution in [0, 0.1) is 6.92 Å². The fourth-order valence-corrected chi connectivity index (χ4v) is 4.28. The van der Waals surface area contributed by atoms with Crippen molar-refractivity contribution < 1.29 is 22.7 Å². The van der Waals surface area contributed by atoms with E-state index in [2.05, 4.69) is 5.32 Å². The third-order valence-electron chi connectivity index (χ3n) is 5.58. The zero-order valence-electron chi connectivity index (χ0n) is 19.5. The van der Waals surface area contributed by atoms with Gasteiger partial charge >= 0.3 is 0 Å². The number of amides is 1. The SMILES string of the molecule is CC[C@H](Oc1ccc(N(C)S(C)(=O)=O)cc1)C(=O)N[C@@H]1CC(C)(C)Oc2ccc(C)cc21. The Morgan fingerprint density at radius 2 is 1.91 bits per heavy atom. The van der Waals surface area contributed by atoms with Crippen LogP contribution in [0.25, 0.3) is 0 Å². The number of carbonyl (C=O) groups is 1.